The second-order valence-corrected chi connectivity index (χ2v) is 6.37. The molecule has 148 valence electrons. The molecule has 0 aliphatic heterocycles. The van der Waals surface area contributed by atoms with Gasteiger partial charge in [-0.2, -0.15) is 0 Å². The number of urea groups is 1. The Kier molecular flexibility index (Phi) is 11.3. The van der Waals surface area contributed by atoms with E-state index in [0.717, 1.165) is 0 Å². The van der Waals surface area contributed by atoms with Crippen LogP contribution in [-0.2, 0) is 19.1 Å². The number of hydrogen-bond acceptors (Lipinski definition) is 7. The summed E-state index contributed by atoms with van der Waals surface area (Å²) < 4.78 is 4.48. The topological polar surface area (TPSA) is 125 Å². The molecule has 0 rings (SSSR count). The number of carbonyl (C=O) groups excluding carboxylic acids is 4. The number of ether oxygens (including phenoxy) is 1. The lowest BCUT2D eigenvalue weighted by Gasteiger charge is -2.22. The minimum atomic E-state index is -1.17. The van der Waals surface area contributed by atoms with Gasteiger partial charge in [-0.05, 0) is 30.5 Å². The van der Waals surface area contributed by atoms with Crippen LogP contribution >= 0.6 is 12.2 Å². The summed E-state index contributed by atoms with van der Waals surface area (Å²) in [6.07, 6.45) is 0.916. The summed E-state index contributed by atoms with van der Waals surface area (Å²) in [5.74, 6) is -2.47. The van der Waals surface area contributed by atoms with Crippen molar-refractivity contribution in [3.63, 3.8) is 0 Å². The average Bonchev–Trinajstić information content (AvgIpc) is 2.63. The predicted octanol–water partition coefficient (Wildman–Crippen LogP) is 1.03. The van der Waals surface area contributed by atoms with Crippen LogP contribution in [0.25, 0.3) is 0 Å². The molecule has 3 N–H and O–H groups in total. The first-order valence-electron chi connectivity index (χ1n) is 8.24. The van der Waals surface area contributed by atoms with Gasteiger partial charge in [0, 0.05) is 13.5 Å². The van der Waals surface area contributed by atoms with E-state index in [2.05, 4.69) is 15.4 Å². The van der Waals surface area contributed by atoms with Crippen LogP contribution in [0.15, 0.2) is 0 Å². The Balaban J connectivity index is 4.92. The molecule has 0 fully saturated rings. The summed E-state index contributed by atoms with van der Waals surface area (Å²) in [5, 5.41) is 15.5. The lowest BCUT2D eigenvalue weighted by Crippen LogP contribution is -2.52. The molecule has 10 heteroatoms. The lowest BCUT2D eigenvalue weighted by molar-refractivity contribution is -0.155. The summed E-state index contributed by atoms with van der Waals surface area (Å²) in [7, 11) is 2.56. The van der Waals surface area contributed by atoms with Crippen molar-refractivity contribution >= 4 is 41.4 Å². The fraction of sp³-hybridized carbons (Fsp3) is 0.688. The molecule has 9 nitrogen and oxygen atoms in total. The van der Waals surface area contributed by atoms with E-state index in [-0.39, 0.29) is 17.9 Å². The summed E-state index contributed by atoms with van der Waals surface area (Å²) in [6.45, 7) is 3.95. The van der Waals surface area contributed by atoms with Crippen molar-refractivity contribution in [2.75, 3.05) is 14.2 Å². The van der Waals surface area contributed by atoms with Crippen molar-refractivity contribution in [1.29, 1.82) is 0 Å². The van der Waals surface area contributed by atoms with Gasteiger partial charge in [-0.15, -0.1) is 5.06 Å². The Bertz CT molecular complexity index is 526. The summed E-state index contributed by atoms with van der Waals surface area (Å²) >= 11 is 4.81. The molecule has 0 aliphatic rings. The number of carbonyl (C=O) groups is 4. The molecule has 0 aromatic carbocycles. The highest BCUT2D eigenvalue weighted by atomic mass is 32.1. The normalized spacial score (nSPS) is 12.7. The number of esters is 1. The van der Waals surface area contributed by atoms with Gasteiger partial charge in [-0.3, -0.25) is 19.6 Å². The van der Waals surface area contributed by atoms with E-state index in [1.165, 1.54) is 19.5 Å². The van der Waals surface area contributed by atoms with E-state index in [9.17, 15) is 24.4 Å². The smallest absolute Gasteiger partial charge is 0.349 e. The predicted molar refractivity (Wildman–Crippen MR) is 97.5 cm³/mol. The third-order valence-corrected chi connectivity index (χ3v) is 3.99. The monoisotopic (exact) mass is 389 g/mol. The Morgan fingerprint density at radius 1 is 1.19 bits per heavy atom. The fourth-order valence-electron chi connectivity index (χ4n) is 2.04. The van der Waals surface area contributed by atoms with Crippen LogP contribution in [0.3, 0.4) is 0 Å². The molecular weight excluding hydrogens is 362 g/mol. The van der Waals surface area contributed by atoms with Gasteiger partial charge in [0.1, 0.15) is 6.04 Å². The zero-order valence-corrected chi connectivity index (χ0v) is 16.3. The molecular formula is C16H27N3O6S. The van der Waals surface area contributed by atoms with Crippen LogP contribution in [0.2, 0.25) is 0 Å². The maximum absolute atomic E-state index is 12.2. The SMILES string of the molecule is CNC(=O)[C@H](CCC(=O)OC)NC(=O)N(O)C(=O)[C@@H](C=S)CCC(C)C. The fourth-order valence-corrected chi connectivity index (χ4v) is 2.29. The Morgan fingerprint density at radius 3 is 2.27 bits per heavy atom. The first-order valence-corrected chi connectivity index (χ1v) is 8.72. The summed E-state index contributed by atoms with van der Waals surface area (Å²) in [5.41, 5.74) is 0. The molecule has 0 aromatic heterocycles. The molecule has 0 aromatic rings. The van der Waals surface area contributed by atoms with Gasteiger partial charge in [-0.1, -0.05) is 26.1 Å². The molecule has 2 atom stereocenters. The Morgan fingerprint density at radius 2 is 1.81 bits per heavy atom. The van der Waals surface area contributed by atoms with E-state index in [1.807, 2.05) is 13.8 Å². The number of hydrogen-bond donors (Lipinski definition) is 3. The van der Waals surface area contributed by atoms with Gasteiger partial charge < -0.3 is 15.4 Å². The van der Waals surface area contributed by atoms with Crippen molar-refractivity contribution in [3.05, 3.63) is 0 Å². The van der Waals surface area contributed by atoms with Crippen molar-refractivity contribution < 1.29 is 29.1 Å². The number of amides is 4. The number of nitrogens with zero attached hydrogens (tertiary/aromatic N) is 1. The molecule has 0 bridgehead atoms. The summed E-state index contributed by atoms with van der Waals surface area (Å²) in [4.78, 5) is 47.3. The van der Waals surface area contributed by atoms with Gasteiger partial charge >= 0.3 is 12.0 Å². The summed E-state index contributed by atoms with van der Waals surface area (Å²) in [6, 6.07) is -2.28. The molecule has 4 amide bonds. The van der Waals surface area contributed by atoms with Crippen LogP contribution in [0.4, 0.5) is 4.79 Å². The molecule has 0 radical (unpaired) electrons. The number of thiocarbonyl (C=S) groups is 1. The first kappa shape index (κ1) is 23.9. The highest BCUT2D eigenvalue weighted by Crippen LogP contribution is 2.13. The zero-order valence-electron chi connectivity index (χ0n) is 15.5. The van der Waals surface area contributed by atoms with Gasteiger partial charge in [0.25, 0.3) is 5.91 Å². The van der Waals surface area contributed by atoms with E-state index in [1.54, 1.807) is 0 Å². The van der Waals surface area contributed by atoms with Crippen LogP contribution in [0.1, 0.15) is 39.5 Å². The van der Waals surface area contributed by atoms with E-state index < -0.39 is 35.8 Å². The van der Waals surface area contributed by atoms with Crippen LogP contribution in [0.5, 0.6) is 0 Å². The van der Waals surface area contributed by atoms with E-state index >= 15 is 0 Å². The zero-order chi connectivity index (χ0) is 20.3. The van der Waals surface area contributed by atoms with Gasteiger partial charge in [0.2, 0.25) is 5.91 Å². The third-order valence-electron chi connectivity index (χ3n) is 3.66. The number of hydroxylamine groups is 2. The van der Waals surface area contributed by atoms with Crippen molar-refractivity contribution in [2.45, 2.75) is 45.6 Å². The molecule has 0 unspecified atom stereocenters. The van der Waals surface area contributed by atoms with Crippen molar-refractivity contribution in [1.82, 2.24) is 15.7 Å². The molecule has 0 saturated heterocycles. The third kappa shape index (κ3) is 8.34. The van der Waals surface area contributed by atoms with Crippen LogP contribution in [-0.4, -0.2) is 59.7 Å². The molecule has 0 saturated carbocycles. The Hall–Kier alpha value is -2.07. The van der Waals surface area contributed by atoms with Crippen molar-refractivity contribution in [3.8, 4) is 0 Å². The molecule has 0 aliphatic carbocycles. The first-order chi connectivity index (χ1) is 12.2. The highest BCUT2D eigenvalue weighted by molar-refractivity contribution is 7.79. The molecule has 0 spiro atoms. The maximum atomic E-state index is 12.2. The second kappa shape index (κ2) is 12.3. The minimum absolute atomic E-state index is 0.0515. The highest BCUT2D eigenvalue weighted by Gasteiger charge is 2.29. The largest absolute Gasteiger partial charge is 0.469 e. The molecule has 26 heavy (non-hydrogen) atoms. The minimum Gasteiger partial charge on any atom is -0.469 e. The van der Waals surface area contributed by atoms with Gasteiger partial charge in [0.15, 0.2) is 0 Å². The number of rotatable bonds is 10. The van der Waals surface area contributed by atoms with E-state index in [0.29, 0.717) is 18.8 Å². The molecule has 0 heterocycles. The average molecular weight is 389 g/mol. The van der Waals surface area contributed by atoms with Gasteiger partial charge in [-0.25, -0.2) is 4.79 Å². The second-order valence-electron chi connectivity index (χ2n) is 6.09. The number of imide groups is 1. The maximum Gasteiger partial charge on any atom is 0.349 e. The Labute approximate surface area is 158 Å². The quantitative estimate of drug-likeness (QED) is 0.221. The number of methoxy groups -OCH3 is 1. The van der Waals surface area contributed by atoms with Crippen molar-refractivity contribution in [2.24, 2.45) is 11.8 Å². The van der Waals surface area contributed by atoms with Crippen LogP contribution < -0.4 is 10.6 Å². The standard InChI is InChI=1S/C16H27N3O6S/c1-10(2)5-6-11(9-26)15(22)19(24)16(23)18-12(14(21)17-3)7-8-13(20)25-4/h9-12,24H,5-8H2,1-4H3,(H,17,21)(H,18,23)/t11-,12+/m1/s1. The van der Waals surface area contributed by atoms with Crippen LogP contribution in [0, 0.1) is 11.8 Å². The number of nitrogens with one attached hydrogen (secondary N) is 2. The van der Waals surface area contributed by atoms with E-state index in [4.69, 9.17) is 12.2 Å². The number of likely N-dealkylation sites (N-methyl/N-ethyl adjacent to an activating group) is 1. The van der Waals surface area contributed by atoms with Gasteiger partial charge in [0.05, 0.1) is 13.0 Å². The lowest BCUT2D eigenvalue weighted by atomic mass is 9.98.